The highest BCUT2D eigenvalue weighted by Crippen LogP contribution is 2.30. The SMILES string of the molecule is COC(=O)c1cc(Br)oc1C(C)Br. The molecule has 1 unspecified atom stereocenters. The molecule has 1 rings (SSSR count). The molecule has 0 radical (unpaired) electrons. The summed E-state index contributed by atoms with van der Waals surface area (Å²) in [5, 5.41) is 0. The average molecular weight is 312 g/mol. The van der Waals surface area contributed by atoms with Crippen LogP contribution in [0, 0.1) is 0 Å². The first-order chi connectivity index (χ1) is 6.06. The topological polar surface area (TPSA) is 39.4 Å². The van der Waals surface area contributed by atoms with E-state index in [2.05, 4.69) is 36.6 Å². The van der Waals surface area contributed by atoms with Gasteiger partial charge in [-0.25, -0.2) is 4.79 Å². The van der Waals surface area contributed by atoms with Crippen molar-refractivity contribution < 1.29 is 13.9 Å². The molecule has 1 aromatic heterocycles. The smallest absolute Gasteiger partial charge is 0.341 e. The Hall–Kier alpha value is -0.290. The fourth-order valence-electron chi connectivity index (χ4n) is 0.939. The van der Waals surface area contributed by atoms with E-state index in [0.717, 1.165) is 0 Å². The third-order valence-electron chi connectivity index (χ3n) is 1.50. The first-order valence-corrected chi connectivity index (χ1v) is 5.28. The van der Waals surface area contributed by atoms with Gasteiger partial charge >= 0.3 is 5.97 Å². The van der Waals surface area contributed by atoms with Crippen LogP contribution >= 0.6 is 31.9 Å². The van der Waals surface area contributed by atoms with Crippen LogP contribution in [-0.4, -0.2) is 13.1 Å². The highest BCUT2D eigenvalue weighted by Gasteiger charge is 2.20. The van der Waals surface area contributed by atoms with Gasteiger partial charge in [0.05, 0.1) is 11.9 Å². The highest BCUT2D eigenvalue weighted by molar-refractivity contribution is 9.10. The number of ether oxygens (including phenoxy) is 1. The van der Waals surface area contributed by atoms with Gasteiger partial charge in [0.1, 0.15) is 11.3 Å². The number of methoxy groups -OCH3 is 1. The minimum Gasteiger partial charge on any atom is -0.465 e. The van der Waals surface area contributed by atoms with Gasteiger partial charge in [0.25, 0.3) is 0 Å². The van der Waals surface area contributed by atoms with Crippen LogP contribution in [0.2, 0.25) is 0 Å². The van der Waals surface area contributed by atoms with Crippen molar-refractivity contribution in [3.05, 3.63) is 22.1 Å². The van der Waals surface area contributed by atoms with Crippen LogP contribution in [0.15, 0.2) is 15.2 Å². The zero-order valence-electron chi connectivity index (χ0n) is 7.14. The molecular weight excluding hydrogens is 304 g/mol. The number of hydrogen-bond acceptors (Lipinski definition) is 3. The van der Waals surface area contributed by atoms with E-state index in [9.17, 15) is 4.79 Å². The summed E-state index contributed by atoms with van der Waals surface area (Å²) >= 11 is 6.48. The lowest BCUT2D eigenvalue weighted by Crippen LogP contribution is -2.02. The lowest BCUT2D eigenvalue weighted by Gasteiger charge is -2.01. The normalized spacial score (nSPS) is 12.6. The summed E-state index contributed by atoms with van der Waals surface area (Å²) in [6.07, 6.45) is 0. The summed E-state index contributed by atoms with van der Waals surface area (Å²) in [4.78, 5) is 11.2. The third kappa shape index (κ3) is 2.34. The molecule has 0 aromatic carbocycles. The number of hydrogen-bond donors (Lipinski definition) is 0. The molecule has 3 nitrogen and oxygen atoms in total. The van der Waals surface area contributed by atoms with E-state index in [0.29, 0.717) is 16.0 Å². The fraction of sp³-hybridized carbons (Fsp3) is 0.375. The summed E-state index contributed by atoms with van der Waals surface area (Å²) in [5.41, 5.74) is 0.443. The predicted molar refractivity (Wildman–Crippen MR) is 55.1 cm³/mol. The molecule has 0 spiro atoms. The summed E-state index contributed by atoms with van der Waals surface area (Å²) in [7, 11) is 1.34. The van der Waals surface area contributed by atoms with Gasteiger partial charge in [0.15, 0.2) is 4.67 Å². The molecule has 1 aromatic rings. The summed E-state index contributed by atoms with van der Waals surface area (Å²) < 4.78 is 10.4. The second kappa shape index (κ2) is 4.28. The van der Waals surface area contributed by atoms with Crippen LogP contribution in [-0.2, 0) is 4.74 Å². The van der Waals surface area contributed by atoms with Crippen molar-refractivity contribution >= 4 is 37.8 Å². The fourth-order valence-corrected chi connectivity index (χ4v) is 1.68. The minimum absolute atomic E-state index is 0.0205. The second-order valence-electron chi connectivity index (χ2n) is 2.44. The van der Waals surface area contributed by atoms with E-state index in [-0.39, 0.29) is 4.83 Å². The number of carbonyl (C=O) groups excluding carboxylic acids is 1. The number of carbonyl (C=O) groups is 1. The second-order valence-corrected chi connectivity index (χ2v) is 4.59. The maximum absolute atomic E-state index is 11.2. The van der Waals surface area contributed by atoms with Crippen LogP contribution in [0.1, 0.15) is 27.9 Å². The summed E-state index contributed by atoms with van der Waals surface area (Å²) in [6.45, 7) is 1.87. The molecular formula is C8H8Br2O3. The van der Waals surface area contributed by atoms with E-state index >= 15 is 0 Å². The molecule has 0 amide bonds. The van der Waals surface area contributed by atoms with Crippen LogP contribution in [0.5, 0.6) is 0 Å². The molecule has 0 N–H and O–H groups in total. The summed E-state index contributed by atoms with van der Waals surface area (Å²) in [6, 6.07) is 1.60. The predicted octanol–water partition coefficient (Wildman–Crippen LogP) is 3.28. The first kappa shape index (κ1) is 10.8. The number of alkyl halides is 1. The van der Waals surface area contributed by atoms with E-state index in [1.807, 2.05) is 6.92 Å². The van der Waals surface area contributed by atoms with Gasteiger partial charge in [-0.3, -0.25) is 0 Å². The Morgan fingerprint density at radius 3 is 2.77 bits per heavy atom. The molecule has 13 heavy (non-hydrogen) atoms. The van der Waals surface area contributed by atoms with Crippen molar-refractivity contribution in [3.63, 3.8) is 0 Å². The monoisotopic (exact) mass is 310 g/mol. The van der Waals surface area contributed by atoms with Crippen molar-refractivity contribution in [1.29, 1.82) is 0 Å². The van der Waals surface area contributed by atoms with Gasteiger partial charge in [-0.2, -0.15) is 0 Å². The first-order valence-electron chi connectivity index (χ1n) is 3.58. The lowest BCUT2D eigenvalue weighted by molar-refractivity contribution is 0.0598. The van der Waals surface area contributed by atoms with Gasteiger partial charge in [-0.05, 0) is 22.9 Å². The van der Waals surface area contributed by atoms with E-state index in [1.54, 1.807) is 6.07 Å². The minimum atomic E-state index is -0.393. The van der Waals surface area contributed by atoms with Crippen LogP contribution < -0.4 is 0 Å². The van der Waals surface area contributed by atoms with Gasteiger partial charge in [-0.1, -0.05) is 15.9 Å². The average Bonchev–Trinajstić information content (AvgIpc) is 2.46. The molecule has 0 fully saturated rings. The molecule has 0 bridgehead atoms. The van der Waals surface area contributed by atoms with E-state index < -0.39 is 5.97 Å². The Labute approximate surface area is 92.7 Å². The van der Waals surface area contributed by atoms with Crippen LogP contribution in [0.4, 0.5) is 0 Å². The van der Waals surface area contributed by atoms with Crippen molar-refractivity contribution in [2.24, 2.45) is 0 Å². The quantitative estimate of drug-likeness (QED) is 0.621. The van der Waals surface area contributed by atoms with Crippen molar-refractivity contribution in [3.8, 4) is 0 Å². The molecule has 5 heteroatoms. The highest BCUT2D eigenvalue weighted by atomic mass is 79.9. The van der Waals surface area contributed by atoms with Gasteiger partial charge in [0.2, 0.25) is 0 Å². The van der Waals surface area contributed by atoms with E-state index in [4.69, 9.17) is 4.42 Å². The molecule has 1 atom stereocenters. The number of halogens is 2. The maximum Gasteiger partial charge on any atom is 0.341 e. The van der Waals surface area contributed by atoms with Crippen molar-refractivity contribution in [1.82, 2.24) is 0 Å². The lowest BCUT2D eigenvalue weighted by atomic mass is 10.2. The van der Waals surface area contributed by atoms with E-state index in [1.165, 1.54) is 7.11 Å². The third-order valence-corrected chi connectivity index (χ3v) is 2.30. The molecule has 0 saturated heterocycles. The standard InChI is InChI=1S/C8H8Br2O3/c1-4(9)7-5(8(11)12-2)3-6(10)13-7/h3-4H,1-2H3. The number of rotatable bonds is 2. The zero-order valence-corrected chi connectivity index (χ0v) is 10.3. The molecule has 72 valence electrons. The molecule has 1 heterocycles. The Morgan fingerprint density at radius 2 is 2.31 bits per heavy atom. The molecule has 0 saturated carbocycles. The number of furan rings is 1. The Morgan fingerprint density at radius 1 is 1.69 bits per heavy atom. The number of esters is 1. The Bertz CT molecular complexity index is 317. The van der Waals surface area contributed by atoms with Crippen molar-refractivity contribution in [2.75, 3.05) is 7.11 Å². The van der Waals surface area contributed by atoms with Crippen molar-refractivity contribution in [2.45, 2.75) is 11.8 Å². The molecule has 0 aliphatic rings. The molecule has 0 aliphatic heterocycles. The van der Waals surface area contributed by atoms with Gasteiger partial charge in [-0.15, -0.1) is 0 Å². The maximum atomic E-state index is 11.2. The Balaban J connectivity index is 3.11. The summed E-state index contributed by atoms with van der Waals surface area (Å²) in [5.74, 6) is 0.175. The van der Waals surface area contributed by atoms with Gasteiger partial charge < -0.3 is 9.15 Å². The Kier molecular flexibility index (Phi) is 3.55. The largest absolute Gasteiger partial charge is 0.465 e. The zero-order chi connectivity index (χ0) is 10.0. The molecule has 0 aliphatic carbocycles. The van der Waals surface area contributed by atoms with Crippen LogP contribution in [0.25, 0.3) is 0 Å². The van der Waals surface area contributed by atoms with Crippen LogP contribution in [0.3, 0.4) is 0 Å². The van der Waals surface area contributed by atoms with Gasteiger partial charge in [0, 0.05) is 6.07 Å².